The number of halogens is 2. The summed E-state index contributed by atoms with van der Waals surface area (Å²) in [5.41, 5.74) is 0.960. The zero-order valence-electron chi connectivity index (χ0n) is 11.6. The molecule has 1 heterocycles. The summed E-state index contributed by atoms with van der Waals surface area (Å²) >= 11 is 3.44. The van der Waals surface area contributed by atoms with Crippen LogP contribution >= 0.6 is 15.9 Å². The normalized spacial score (nSPS) is 21.9. The Morgan fingerprint density at radius 1 is 1.30 bits per heavy atom. The van der Waals surface area contributed by atoms with Gasteiger partial charge in [-0.15, -0.1) is 0 Å². The van der Waals surface area contributed by atoms with Gasteiger partial charge in [-0.1, -0.05) is 15.9 Å². The van der Waals surface area contributed by atoms with Crippen molar-refractivity contribution >= 4 is 15.9 Å². The molecule has 1 aromatic carbocycles. The lowest BCUT2D eigenvalue weighted by Crippen LogP contribution is -2.41. The molecule has 2 nitrogen and oxygen atoms in total. The Morgan fingerprint density at radius 2 is 2.05 bits per heavy atom. The molecule has 1 aromatic rings. The first-order valence-corrected chi connectivity index (χ1v) is 8.21. The van der Waals surface area contributed by atoms with Gasteiger partial charge in [0.25, 0.3) is 0 Å². The van der Waals surface area contributed by atoms with Gasteiger partial charge in [0.1, 0.15) is 5.82 Å². The maximum atomic E-state index is 14.0. The molecule has 3 rings (SSSR count). The van der Waals surface area contributed by atoms with Crippen LogP contribution in [-0.2, 0) is 11.2 Å². The largest absolute Gasteiger partial charge is 0.381 e. The van der Waals surface area contributed by atoms with E-state index in [9.17, 15) is 4.39 Å². The maximum absolute atomic E-state index is 14.0. The first-order valence-electron chi connectivity index (χ1n) is 7.42. The second-order valence-electron chi connectivity index (χ2n) is 6.18. The molecule has 20 heavy (non-hydrogen) atoms. The SMILES string of the molecule is Fc1ccc(Br)cc1CC1(CNC2CC2)CCOCC1. The third-order valence-corrected chi connectivity index (χ3v) is 4.96. The van der Waals surface area contributed by atoms with Crippen LogP contribution in [0.2, 0.25) is 0 Å². The molecule has 1 N–H and O–H groups in total. The molecular formula is C16H21BrFNO. The first-order chi connectivity index (χ1) is 9.67. The molecular weight excluding hydrogens is 321 g/mol. The molecule has 0 radical (unpaired) electrons. The van der Waals surface area contributed by atoms with Crippen LogP contribution < -0.4 is 5.32 Å². The van der Waals surface area contributed by atoms with Gasteiger partial charge in [-0.3, -0.25) is 0 Å². The van der Waals surface area contributed by atoms with E-state index in [2.05, 4.69) is 21.2 Å². The molecule has 0 spiro atoms. The summed E-state index contributed by atoms with van der Waals surface area (Å²) in [4.78, 5) is 0. The smallest absolute Gasteiger partial charge is 0.126 e. The van der Waals surface area contributed by atoms with Crippen molar-refractivity contribution in [1.29, 1.82) is 0 Å². The van der Waals surface area contributed by atoms with Crippen molar-refractivity contribution in [2.75, 3.05) is 19.8 Å². The van der Waals surface area contributed by atoms with Crippen LogP contribution in [0.4, 0.5) is 4.39 Å². The minimum Gasteiger partial charge on any atom is -0.381 e. The number of hydrogen-bond acceptors (Lipinski definition) is 2. The molecule has 2 fully saturated rings. The molecule has 1 saturated carbocycles. The molecule has 0 unspecified atom stereocenters. The fourth-order valence-corrected chi connectivity index (χ4v) is 3.36. The van der Waals surface area contributed by atoms with Gasteiger partial charge >= 0.3 is 0 Å². The molecule has 1 saturated heterocycles. The Bertz CT molecular complexity index is 470. The summed E-state index contributed by atoms with van der Waals surface area (Å²) in [6, 6.07) is 5.93. The fraction of sp³-hybridized carbons (Fsp3) is 0.625. The van der Waals surface area contributed by atoms with E-state index < -0.39 is 0 Å². The Labute approximate surface area is 128 Å². The van der Waals surface area contributed by atoms with Crippen LogP contribution in [0.1, 0.15) is 31.2 Å². The van der Waals surface area contributed by atoms with Gasteiger partial charge in [0, 0.05) is 30.3 Å². The van der Waals surface area contributed by atoms with Crippen molar-refractivity contribution in [3.8, 4) is 0 Å². The number of benzene rings is 1. The van der Waals surface area contributed by atoms with Gasteiger partial charge in [0.15, 0.2) is 0 Å². The molecule has 2 aliphatic rings. The second-order valence-corrected chi connectivity index (χ2v) is 7.10. The van der Waals surface area contributed by atoms with Crippen molar-refractivity contribution in [3.63, 3.8) is 0 Å². The zero-order chi connectivity index (χ0) is 14.0. The minimum atomic E-state index is -0.0921. The predicted octanol–water partition coefficient (Wildman–Crippen LogP) is 3.68. The quantitative estimate of drug-likeness (QED) is 0.881. The standard InChI is InChI=1S/C16H21BrFNO/c17-13-1-4-15(18)12(9-13)10-16(5-7-20-8-6-16)11-19-14-2-3-14/h1,4,9,14,19H,2-3,5-8,10-11H2. The van der Waals surface area contributed by atoms with E-state index >= 15 is 0 Å². The van der Waals surface area contributed by atoms with Gasteiger partial charge in [0.2, 0.25) is 0 Å². The van der Waals surface area contributed by atoms with Gasteiger partial charge in [0.05, 0.1) is 0 Å². The number of ether oxygens (including phenoxy) is 1. The van der Waals surface area contributed by atoms with Crippen molar-refractivity contribution in [1.82, 2.24) is 5.32 Å². The fourth-order valence-electron chi connectivity index (χ4n) is 2.95. The lowest BCUT2D eigenvalue weighted by molar-refractivity contribution is 0.0143. The molecule has 0 amide bonds. The van der Waals surface area contributed by atoms with Crippen LogP contribution in [0.25, 0.3) is 0 Å². The zero-order valence-corrected chi connectivity index (χ0v) is 13.2. The van der Waals surface area contributed by atoms with E-state index in [0.717, 1.165) is 49.1 Å². The topological polar surface area (TPSA) is 21.3 Å². The van der Waals surface area contributed by atoms with Crippen molar-refractivity contribution in [2.24, 2.45) is 5.41 Å². The average Bonchev–Trinajstić information content (AvgIpc) is 3.26. The number of rotatable bonds is 5. The predicted molar refractivity (Wildman–Crippen MR) is 81.3 cm³/mol. The van der Waals surface area contributed by atoms with Crippen LogP contribution in [0.15, 0.2) is 22.7 Å². The summed E-state index contributed by atoms with van der Waals surface area (Å²) in [5.74, 6) is -0.0921. The van der Waals surface area contributed by atoms with E-state index in [-0.39, 0.29) is 11.2 Å². The van der Waals surface area contributed by atoms with Gasteiger partial charge in [-0.2, -0.15) is 0 Å². The summed E-state index contributed by atoms with van der Waals surface area (Å²) < 4.78 is 20.5. The molecule has 1 aliphatic carbocycles. The highest BCUT2D eigenvalue weighted by Crippen LogP contribution is 2.36. The molecule has 4 heteroatoms. The molecule has 0 aromatic heterocycles. The Kier molecular flexibility index (Phi) is 4.43. The van der Waals surface area contributed by atoms with E-state index in [0.29, 0.717) is 6.04 Å². The summed E-state index contributed by atoms with van der Waals surface area (Å²) in [6.45, 7) is 2.57. The number of hydrogen-bond donors (Lipinski definition) is 1. The van der Waals surface area contributed by atoms with E-state index in [1.165, 1.54) is 12.8 Å². The van der Waals surface area contributed by atoms with E-state index in [4.69, 9.17) is 4.74 Å². The molecule has 1 aliphatic heterocycles. The molecule has 110 valence electrons. The lowest BCUT2D eigenvalue weighted by Gasteiger charge is -2.38. The average molecular weight is 342 g/mol. The highest BCUT2D eigenvalue weighted by molar-refractivity contribution is 9.10. The van der Waals surface area contributed by atoms with Gasteiger partial charge < -0.3 is 10.1 Å². The molecule has 0 bridgehead atoms. The van der Waals surface area contributed by atoms with Crippen molar-refractivity contribution in [3.05, 3.63) is 34.1 Å². The van der Waals surface area contributed by atoms with Crippen molar-refractivity contribution in [2.45, 2.75) is 38.1 Å². The van der Waals surface area contributed by atoms with Crippen LogP contribution in [0, 0.1) is 11.2 Å². The number of nitrogens with one attached hydrogen (secondary N) is 1. The summed E-state index contributed by atoms with van der Waals surface area (Å²) in [7, 11) is 0. The third-order valence-electron chi connectivity index (χ3n) is 4.47. The molecule has 0 atom stereocenters. The van der Waals surface area contributed by atoms with Crippen LogP contribution in [0.5, 0.6) is 0 Å². The van der Waals surface area contributed by atoms with E-state index in [1.54, 1.807) is 12.1 Å². The van der Waals surface area contributed by atoms with Crippen molar-refractivity contribution < 1.29 is 9.13 Å². The van der Waals surface area contributed by atoms with Crippen LogP contribution in [-0.4, -0.2) is 25.8 Å². The lowest BCUT2D eigenvalue weighted by atomic mass is 9.75. The minimum absolute atomic E-state index is 0.0921. The summed E-state index contributed by atoms with van der Waals surface area (Å²) in [5, 5.41) is 3.63. The monoisotopic (exact) mass is 341 g/mol. The second kappa shape index (κ2) is 6.12. The van der Waals surface area contributed by atoms with Gasteiger partial charge in [-0.25, -0.2) is 4.39 Å². The van der Waals surface area contributed by atoms with Crippen LogP contribution in [0.3, 0.4) is 0 Å². The first kappa shape index (κ1) is 14.5. The third kappa shape index (κ3) is 3.60. The van der Waals surface area contributed by atoms with E-state index in [1.807, 2.05) is 6.07 Å². The Morgan fingerprint density at radius 3 is 2.75 bits per heavy atom. The summed E-state index contributed by atoms with van der Waals surface area (Å²) in [6.07, 6.45) is 5.40. The van der Waals surface area contributed by atoms with Gasteiger partial charge in [-0.05, 0) is 61.3 Å². The highest BCUT2D eigenvalue weighted by Gasteiger charge is 2.35. The highest BCUT2D eigenvalue weighted by atomic mass is 79.9. The Balaban J connectivity index is 1.75. The maximum Gasteiger partial charge on any atom is 0.126 e. The Hall–Kier alpha value is -0.450.